The molecule has 9 N–H and O–H groups in total. The van der Waals surface area contributed by atoms with E-state index in [1.54, 1.807) is 6.08 Å². The number of phosphoric ester groups is 1. The summed E-state index contributed by atoms with van der Waals surface area (Å²) in [7, 11) is -5.14. The Balaban J connectivity index is 2.59. The van der Waals surface area contributed by atoms with Gasteiger partial charge in [0.1, 0.15) is 36.6 Å². The first-order chi connectivity index (χ1) is 27.3. The van der Waals surface area contributed by atoms with E-state index in [-0.39, 0.29) is 6.42 Å². The highest BCUT2D eigenvalue weighted by atomic mass is 31.2. The largest absolute Gasteiger partial charge is 0.472 e. The van der Waals surface area contributed by atoms with E-state index < -0.39 is 75.2 Å². The van der Waals surface area contributed by atoms with E-state index in [2.05, 4.69) is 31.3 Å². The van der Waals surface area contributed by atoms with Gasteiger partial charge in [-0.15, -0.1) is 0 Å². The Morgan fingerprint density at radius 3 is 1.54 bits per heavy atom. The van der Waals surface area contributed by atoms with Crippen molar-refractivity contribution in [3.8, 4) is 0 Å². The number of nitrogens with one attached hydrogen (secondary N) is 1. The fourth-order valence-electron chi connectivity index (χ4n) is 7.08. The average Bonchev–Trinajstić information content (AvgIpc) is 3.18. The topological polar surface area (TPSA) is 226 Å². The van der Waals surface area contributed by atoms with Crippen molar-refractivity contribution in [3.63, 3.8) is 0 Å². The molecule has 0 saturated heterocycles. The van der Waals surface area contributed by atoms with Gasteiger partial charge in [-0.25, -0.2) is 4.57 Å². The Bertz CT molecular complexity index is 1080. The highest BCUT2D eigenvalue weighted by Gasteiger charge is 2.51. The number of unbranched alkanes of at least 4 members (excludes halogenated alkanes) is 21. The SMILES string of the molecule is CCCCCCCCCCCCCC/C=C/CC/C=C/C(O)C(COP(=O)(O)OC1C(O)C(O)C(O)C(O)C1O)NC(=O)CC(O)CCCCCCCCCCC. The first kappa shape index (κ1) is 53.8. The Morgan fingerprint density at radius 2 is 1.04 bits per heavy atom. The molecule has 1 saturated carbocycles. The minimum atomic E-state index is -5.14. The summed E-state index contributed by atoms with van der Waals surface area (Å²) in [6, 6.07) is -1.25. The van der Waals surface area contributed by atoms with E-state index in [0.29, 0.717) is 12.8 Å². The molecule has 1 aliphatic rings. The van der Waals surface area contributed by atoms with Gasteiger partial charge >= 0.3 is 7.82 Å². The summed E-state index contributed by atoms with van der Waals surface area (Å²) in [5.74, 6) is -0.604. The summed E-state index contributed by atoms with van der Waals surface area (Å²) < 4.78 is 22.8. The van der Waals surface area contributed by atoms with Crippen LogP contribution in [0, 0.1) is 0 Å². The van der Waals surface area contributed by atoms with Crippen LogP contribution in [0.1, 0.15) is 181 Å². The molecule has 1 aliphatic carbocycles. The second-order valence-corrected chi connectivity index (χ2v) is 17.5. The maximum absolute atomic E-state index is 12.9. The lowest BCUT2D eigenvalue weighted by Gasteiger charge is -2.41. The zero-order valence-corrected chi connectivity index (χ0v) is 36.1. The van der Waals surface area contributed by atoms with Gasteiger partial charge in [-0.3, -0.25) is 13.8 Å². The van der Waals surface area contributed by atoms with Crippen LogP contribution in [-0.4, -0.2) is 108 Å². The van der Waals surface area contributed by atoms with Crippen LogP contribution in [-0.2, 0) is 18.4 Å². The predicted molar refractivity (Wildman–Crippen MR) is 224 cm³/mol. The summed E-state index contributed by atoms with van der Waals surface area (Å²) in [5, 5.41) is 74.2. The molecule has 1 amide bonds. The molecule has 0 aliphatic heterocycles. The molecule has 0 aromatic carbocycles. The van der Waals surface area contributed by atoms with Gasteiger partial charge in [-0.1, -0.05) is 167 Å². The van der Waals surface area contributed by atoms with Gasteiger partial charge < -0.3 is 46.0 Å². The first-order valence-electron chi connectivity index (χ1n) is 22.4. The highest BCUT2D eigenvalue weighted by Crippen LogP contribution is 2.47. The Hall–Kier alpha value is -1.22. The van der Waals surface area contributed by atoms with Crippen molar-refractivity contribution in [3.05, 3.63) is 24.3 Å². The third kappa shape index (κ3) is 25.9. The zero-order chi connectivity index (χ0) is 42.3. The van der Waals surface area contributed by atoms with Crippen molar-refractivity contribution in [2.24, 2.45) is 0 Å². The maximum Gasteiger partial charge on any atom is 0.472 e. The number of hydrogen-bond donors (Lipinski definition) is 9. The van der Waals surface area contributed by atoms with Crippen LogP contribution in [0.2, 0.25) is 0 Å². The van der Waals surface area contributed by atoms with Gasteiger partial charge in [0.2, 0.25) is 5.91 Å². The van der Waals surface area contributed by atoms with Crippen molar-refractivity contribution in [2.75, 3.05) is 6.61 Å². The molecule has 1 rings (SSSR count). The lowest BCUT2D eigenvalue weighted by Crippen LogP contribution is -2.64. The van der Waals surface area contributed by atoms with Gasteiger partial charge in [0.05, 0.1) is 31.3 Å². The molecule has 14 heteroatoms. The molecule has 0 spiro atoms. The number of rotatable bonds is 36. The van der Waals surface area contributed by atoms with Crippen molar-refractivity contribution in [1.29, 1.82) is 0 Å². The second kappa shape index (κ2) is 33.5. The summed E-state index contributed by atoms with van der Waals surface area (Å²) in [6.07, 6.45) is 21.5. The molecule has 1 fully saturated rings. The van der Waals surface area contributed by atoms with E-state index in [0.717, 1.165) is 44.9 Å². The smallest absolute Gasteiger partial charge is 0.393 e. The number of carbonyl (C=O) groups excluding carboxylic acids is 1. The number of aliphatic hydroxyl groups is 7. The van der Waals surface area contributed by atoms with Crippen molar-refractivity contribution in [1.82, 2.24) is 5.32 Å². The molecule has 0 heterocycles. The van der Waals surface area contributed by atoms with Crippen LogP contribution < -0.4 is 5.32 Å². The minimum absolute atomic E-state index is 0.250. The van der Waals surface area contributed by atoms with Crippen LogP contribution in [0.5, 0.6) is 0 Å². The molecular formula is C43H82NO12P. The number of aliphatic hydroxyl groups excluding tert-OH is 7. The zero-order valence-electron chi connectivity index (χ0n) is 35.3. The fourth-order valence-corrected chi connectivity index (χ4v) is 8.05. The first-order valence-corrected chi connectivity index (χ1v) is 23.9. The normalized spacial score (nSPS) is 24.2. The van der Waals surface area contributed by atoms with E-state index in [1.165, 1.54) is 109 Å². The summed E-state index contributed by atoms with van der Waals surface area (Å²) in [6.45, 7) is 3.69. The Labute approximate surface area is 344 Å². The van der Waals surface area contributed by atoms with Crippen LogP contribution in [0.3, 0.4) is 0 Å². The summed E-state index contributed by atoms with van der Waals surface area (Å²) in [5.41, 5.74) is 0. The maximum atomic E-state index is 12.9. The average molecular weight is 836 g/mol. The lowest BCUT2D eigenvalue weighted by molar-refractivity contribution is -0.220. The van der Waals surface area contributed by atoms with Gasteiger partial charge in [0, 0.05) is 0 Å². The molecule has 13 nitrogen and oxygen atoms in total. The molecular weight excluding hydrogens is 753 g/mol. The van der Waals surface area contributed by atoms with Gasteiger partial charge in [0.15, 0.2) is 0 Å². The van der Waals surface area contributed by atoms with Crippen LogP contribution in [0.15, 0.2) is 24.3 Å². The molecule has 57 heavy (non-hydrogen) atoms. The Kier molecular flexibility index (Phi) is 31.6. The van der Waals surface area contributed by atoms with E-state index in [9.17, 15) is 50.0 Å². The van der Waals surface area contributed by atoms with Gasteiger partial charge in [-0.2, -0.15) is 0 Å². The number of carbonyl (C=O) groups is 1. The van der Waals surface area contributed by atoms with E-state index in [1.807, 2.05) is 0 Å². The third-order valence-electron chi connectivity index (χ3n) is 10.8. The van der Waals surface area contributed by atoms with E-state index in [4.69, 9.17) is 9.05 Å². The molecule has 8 atom stereocenters. The molecule has 0 radical (unpaired) electrons. The molecule has 0 aromatic heterocycles. The van der Waals surface area contributed by atoms with Crippen LogP contribution in [0.25, 0.3) is 0 Å². The fraction of sp³-hybridized carbons (Fsp3) is 0.884. The summed E-state index contributed by atoms with van der Waals surface area (Å²) >= 11 is 0. The molecule has 336 valence electrons. The van der Waals surface area contributed by atoms with Gasteiger partial charge in [-0.05, 0) is 32.1 Å². The van der Waals surface area contributed by atoms with Gasteiger partial charge in [0.25, 0.3) is 0 Å². The Morgan fingerprint density at radius 1 is 0.614 bits per heavy atom. The standard InChI is InChI=1S/C43H82NO12P/c1-3-5-7-9-11-13-14-15-16-17-18-19-20-21-23-25-27-29-31-36(46)35(44-37(47)32-34(45)30-28-26-24-22-12-10-8-6-4-2)33-55-57(53,54)56-43-41(51)39(49)38(48)40(50)42(43)52/h21,23,29,31,34-36,38-43,45-46,48-52H,3-20,22,24-28,30,32-33H2,1-2H3,(H,44,47)(H,53,54)/b23-21+,31-29+. The van der Waals surface area contributed by atoms with Crippen LogP contribution >= 0.6 is 7.82 Å². The second-order valence-electron chi connectivity index (χ2n) is 16.1. The minimum Gasteiger partial charge on any atom is -0.393 e. The number of amides is 1. The number of phosphoric acid groups is 1. The molecule has 8 unspecified atom stereocenters. The molecule has 0 bridgehead atoms. The van der Waals surface area contributed by atoms with E-state index >= 15 is 0 Å². The van der Waals surface area contributed by atoms with Crippen LogP contribution in [0.4, 0.5) is 0 Å². The van der Waals surface area contributed by atoms with Crippen molar-refractivity contribution >= 4 is 13.7 Å². The van der Waals surface area contributed by atoms with Crippen molar-refractivity contribution < 1.29 is 59.0 Å². The molecule has 0 aromatic rings. The quantitative estimate of drug-likeness (QED) is 0.0180. The third-order valence-corrected chi connectivity index (χ3v) is 11.8. The number of hydrogen-bond acceptors (Lipinski definition) is 11. The number of allylic oxidation sites excluding steroid dienone is 3. The summed E-state index contributed by atoms with van der Waals surface area (Å²) in [4.78, 5) is 23.3. The lowest BCUT2D eigenvalue weighted by atomic mass is 9.85. The highest BCUT2D eigenvalue weighted by molar-refractivity contribution is 7.47. The predicted octanol–water partition coefficient (Wildman–Crippen LogP) is 6.81. The monoisotopic (exact) mass is 836 g/mol. The van der Waals surface area contributed by atoms with Crippen molar-refractivity contribution in [2.45, 2.75) is 236 Å².